The Morgan fingerprint density at radius 1 is 1.54 bits per heavy atom. The third-order valence-corrected chi connectivity index (χ3v) is 1.96. The SMILES string of the molecule is CCc1cc(=O)cc(C(=O)O)n1C. The predicted molar refractivity (Wildman–Crippen MR) is 48.0 cm³/mol. The van der Waals surface area contributed by atoms with Crippen molar-refractivity contribution >= 4 is 5.97 Å². The van der Waals surface area contributed by atoms with Gasteiger partial charge in [-0.05, 0) is 6.42 Å². The van der Waals surface area contributed by atoms with Gasteiger partial charge < -0.3 is 9.67 Å². The van der Waals surface area contributed by atoms with Gasteiger partial charge in [0.25, 0.3) is 0 Å². The van der Waals surface area contributed by atoms with Crippen molar-refractivity contribution in [1.82, 2.24) is 4.57 Å². The molecule has 4 nitrogen and oxygen atoms in total. The Labute approximate surface area is 75.4 Å². The van der Waals surface area contributed by atoms with Crippen molar-refractivity contribution in [3.8, 4) is 0 Å². The van der Waals surface area contributed by atoms with Crippen LogP contribution in [-0.2, 0) is 13.5 Å². The summed E-state index contributed by atoms with van der Waals surface area (Å²) in [6.45, 7) is 1.88. The van der Waals surface area contributed by atoms with Gasteiger partial charge in [-0.2, -0.15) is 0 Å². The summed E-state index contributed by atoms with van der Waals surface area (Å²) < 4.78 is 1.52. The van der Waals surface area contributed by atoms with Crippen molar-refractivity contribution in [3.05, 3.63) is 33.7 Å². The monoisotopic (exact) mass is 181 g/mol. The molecule has 1 aromatic heterocycles. The molecular weight excluding hydrogens is 170 g/mol. The average Bonchev–Trinajstić information content (AvgIpc) is 2.08. The molecule has 0 aliphatic heterocycles. The summed E-state index contributed by atoms with van der Waals surface area (Å²) in [6, 6.07) is 2.58. The summed E-state index contributed by atoms with van der Waals surface area (Å²) in [5, 5.41) is 8.75. The third-order valence-electron chi connectivity index (χ3n) is 1.96. The van der Waals surface area contributed by atoms with Crippen LogP contribution >= 0.6 is 0 Å². The minimum absolute atomic E-state index is 0.0318. The van der Waals surface area contributed by atoms with Crippen LogP contribution in [0.1, 0.15) is 23.1 Å². The molecule has 4 heteroatoms. The lowest BCUT2D eigenvalue weighted by Gasteiger charge is -2.08. The molecule has 13 heavy (non-hydrogen) atoms. The van der Waals surface area contributed by atoms with E-state index in [1.54, 1.807) is 7.05 Å². The van der Waals surface area contributed by atoms with Gasteiger partial charge in [0, 0.05) is 24.9 Å². The lowest BCUT2D eigenvalue weighted by atomic mass is 10.2. The number of aryl methyl sites for hydroxylation is 1. The largest absolute Gasteiger partial charge is 0.477 e. The highest BCUT2D eigenvalue weighted by molar-refractivity contribution is 5.85. The molecule has 0 aliphatic rings. The summed E-state index contributed by atoms with van der Waals surface area (Å²) in [5.41, 5.74) is 0.501. The van der Waals surface area contributed by atoms with E-state index in [0.717, 1.165) is 11.8 Å². The van der Waals surface area contributed by atoms with Crippen molar-refractivity contribution in [2.75, 3.05) is 0 Å². The second kappa shape index (κ2) is 3.43. The van der Waals surface area contributed by atoms with Crippen LogP contribution < -0.4 is 5.43 Å². The fraction of sp³-hybridized carbons (Fsp3) is 0.333. The molecule has 0 unspecified atom stereocenters. The minimum atomic E-state index is -1.07. The standard InChI is InChI=1S/C9H11NO3/c1-3-6-4-7(11)5-8(9(12)13)10(6)2/h4-5H,3H2,1-2H3,(H,12,13). The van der Waals surface area contributed by atoms with Crippen LogP contribution in [0.15, 0.2) is 16.9 Å². The van der Waals surface area contributed by atoms with Gasteiger partial charge >= 0.3 is 5.97 Å². The molecule has 0 atom stereocenters. The zero-order valence-corrected chi connectivity index (χ0v) is 7.57. The Morgan fingerprint density at radius 3 is 2.62 bits per heavy atom. The van der Waals surface area contributed by atoms with E-state index in [4.69, 9.17) is 5.11 Å². The summed E-state index contributed by atoms with van der Waals surface area (Å²) in [4.78, 5) is 21.7. The van der Waals surface area contributed by atoms with Gasteiger partial charge in [-0.3, -0.25) is 4.79 Å². The van der Waals surface area contributed by atoms with Crippen molar-refractivity contribution < 1.29 is 9.90 Å². The van der Waals surface area contributed by atoms with Crippen LogP contribution in [-0.4, -0.2) is 15.6 Å². The lowest BCUT2D eigenvalue weighted by molar-refractivity contribution is 0.0685. The van der Waals surface area contributed by atoms with Crippen LogP contribution in [0.2, 0.25) is 0 Å². The Bertz CT molecular complexity index is 392. The topological polar surface area (TPSA) is 59.3 Å². The van der Waals surface area contributed by atoms with Gasteiger partial charge in [0.2, 0.25) is 0 Å². The predicted octanol–water partition coefficient (Wildman–Crippen LogP) is 0.646. The van der Waals surface area contributed by atoms with Crippen LogP contribution in [0.4, 0.5) is 0 Å². The quantitative estimate of drug-likeness (QED) is 0.728. The van der Waals surface area contributed by atoms with Crippen LogP contribution in [0, 0.1) is 0 Å². The van der Waals surface area contributed by atoms with Gasteiger partial charge in [0.1, 0.15) is 5.69 Å². The van der Waals surface area contributed by atoms with Crippen molar-refractivity contribution in [2.45, 2.75) is 13.3 Å². The van der Waals surface area contributed by atoms with E-state index < -0.39 is 5.97 Å². The molecule has 1 rings (SSSR count). The molecule has 1 aromatic rings. The van der Waals surface area contributed by atoms with Crippen LogP contribution in [0.3, 0.4) is 0 Å². The first-order valence-electron chi connectivity index (χ1n) is 3.99. The van der Waals surface area contributed by atoms with Crippen LogP contribution in [0.5, 0.6) is 0 Å². The number of carboxylic acids is 1. The van der Waals surface area contributed by atoms with E-state index in [-0.39, 0.29) is 11.1 Å². The number of hydrogen-bond donors (Lipinski definition) is 1. The summed E-state index contributed by atoms with van der Waals surface area (Å²) in [5.74, 6) is -1.07. The number of hydrogen-bond acceptors (Lipinski definition) is 2. The Kier molecular flexibility index (Phi) is 2.51. The number of rotatable bonds is 2. The van der Waals surface area contributed by atoms with E-state index >= 15 is 0 Å². The smallest absolute Gasteiger partial charge is 0.352 e. The maximum atomic E-state index is 11.0. The molecule has 0 saturated heterocycles. The molecule has 0 spiro atoms. The maximum absolute atomic E-state index is 11.0. The van der Waals surface area contributed by atoms with Gasteiger partial charge in [0.05, 0.1) is 0 Å². The fourth-order valence-electron chi connectivity index (χ4n) is 1.23. The minimum Gasteiger partial charge on any atom is -0.477 e. The Hall–Kier alpha value is -1.58. The van der Waals surface area contributed by atoms with E-state index in [1.807, 2.05) is 6.92 Å². The van der Waals surface area contributed by atoms with Crippen molar-refractivity contribution in [1.29, 1.82) is 0 Å². The summed E-state index contributed by atoms with van der Waals surface area (Å²) >= 11 is 0. The molecule has 0 radical (unpaired) electrons. The number of nitrogens with zero attached hydrogens (tertiary/aromatic N) is 1. The maximum Gasteiger partial charge on any atom is 0.352 e. The second-order valence-corrected chi connectivity index (χ2v) is 2.79. The zero-order chi connectivity index (χ0) is 10.0. The fourth-order valence-corrected chi connectivity index (χ4v) is 1.23. The number of aromatic nitrogens is 1. The normalized spacial score (nSPS) is 10.0. The Morgan fingerprint density at radius 2 is 2.15 bits per heavy atom. The molecule has 1 N–H and O–H groups in total. The highest BCUT2D eigenvalue weighted by atomic mass is 16.4. The average molecular weight is 181 g/mol. The van der Waals surface area contributed by atoms with Crippen molar-refractivity contribution in [3.63, 3.8) is 0 Å². The number of aromatic carboxylic acids is 1. The highest BCUT2D eigenvalue weighted by Gasteiger charge is 2.09. The molecule has 0 aromatic carbocycles. The van der Waals surface area contributed by atoms with E-state index in [1.165, 1.54) is 10.6 Å². The molecule has 0 amide bonds. The first kappa shape index (κ1) is 9.51. The van der Waals surface area contributed by atoms with Crippen molar-refractivity contribution in [2.24, 2.45) is 7.05 Å². The Balaban J connectivity index is 3.44. The van der Waals surface area contributed by atoms with E-state index in [2.05, 4.69) is 0 Å². The van der Waals surface area contributed by atoms with Gasteiger partial charge in [-0.1, -0.05) is 6.92 Å². The molecular formula is C9H11NO3. The number of carbonyl (C=O) groups is 1. The molecule has 1 heterocycles. The molecule has 0 fully saturated rings. The van der Waals surface area contributed by atoms with Gasteiger partial charge in [-0.15, -0.1) is 0 Å². The lowest BCUT2D eigenvalue weighted by Crippen LogP contribution is -2.17. The van der Waals surface area contributed by atoms with E-state index in [0.29, 0.717) is 6.42 Å². The second-order valence-electron chi connectivity index (χ2n) is 2.79. The number of pyridine rings is 1. The van der Waals surface area contributed by atoms with Gasteiger partial charge in [-0.25, -0.2) is 4.79 Å². The molecule has 70 valence electrons. The van der Waals surface area contributed by atoms with Crippen LogP contribution in [0.25, 0.3) is 0 Å². The zero-order valence-electron chi connectivity index (χ0n) is 7.57. The highest BCUT2D eigenvalue weighted by Crippen LogP contribution is 2.01. The van der Waals surface area contributed by atoms with Gasteiger partial charge in [0.15, 0.2) is 5.43 Å². The third kappa shape index (κ3) is 1.77. The molecule has 0 aliphatic carbocycles. The molecule has 0 saturated carbocycles. The summed E-state index contributed by atoms with van der Waals surface area (Å²) in [6.07, 6.45) is 0.646. The first-order valence-corrected chi connectivity index (χ1v) is 3.99. The summed E-state index contributed by atoms with van der Waals surface area (Å²) in [7, 11) is 1.64. The molecule has 0 bridgehead atoms. The number of carboxylic acid groups (broad SMARTS) is 1. The van der Waals surface area contributed by atoms with E-state index in [9.17, 15) is 9.59 Å². The first-order chi connectivity index (χ1) is 6.06.